The number of aromatic nitrogens is 3. The van der Waals surface area contributed by atoms with Crippen molar-refractivity contribution in [2.45, 2.75) is 40.0 Å². The van der Waals surface area contributed by atoms with Crippen molar-refractivity contribution in [3.8, 4) is 6.07 Å². The minimum absolute atomic E-state index is 0.0481. The van der Waals surface area contributed by atoms with Gasteiger partial charge in [0, 0.05) is 37.9 Å². The van der Waals surface area contributed by atoms with E-state index >= 15 is 0 Å². The minimum atomic E-state index is -0.0481. The summed E-state index contributed by atoms with van der Waals surface area (Å²) in [6.07, 6.45) is 0. The minimum Gasteiger partial charge on any atom is -0.360 e. The summed E-state index contributed by atoms with van der Waals surface area (Å²) < 4.78 is 2.01. The molecule has 3 rings (SSSR count). The Hall–Kier alpha value is -2.59. The van der Waals surface area contributed by atoms with Gasteiger partial charge in [-0.2, -0.15) is 10.4 Å². The van der Waals surface area contributed by atoms with Crippen LogP contribution in [-0.2, 0) is 31.0 Å². The summed E-state index contributed by atoms with van der Waals surface area (Å²) in [6.45, 7) is 7.24. The number of hydrogen-bond donors (Lipinski definition) is 2. The molecule has 3 heterocycles. The average molecular weight is 312 g/mol. The molecule has 0 aromatic carbocycles. The molecule has 0 fully saturated rings. The molecule has 2 aromatic heterocycles. The van der Waals surface area contributed by atoms with E-state index in [0.717, 1.165) is 49.0 Å². The summed E-state index contributed by atoms with van der Waals surface area (Å²) in [5, 5.41) is 16.3. The largest absolute Gasteiger partial charge is 0.360 e. The number of nitriles is 1. The summed E-state index contributed by atoms with van der Waals surface area (Å²) in [4.78, 5) is 16.6. The number of fused-ring (bicyclic) bond motifs is 1. The Morgan fingerprint density at radius 1 is 1.48 bits per heavy atom. The second kappa shape index (κ2) is 6.26. The lowest BCUT2D eigenvalue weighted by molar-refractivity contribution is -0.119. The molecule has 0 saturated carbocycles. The molecule has 0 saturated heterocycles. The molecule has 1 aliphatic heterocycles. The normalized spacial score (nSPS) is 14.3. The van der Waals surface area contributed by atoms with Crippen molar-refractivity contribution in [3.63, 3.8) is 0 Å². The van der Waals surface area contributed by atoms with E-state index < -0.39 is 0 Å². The Balaban J connectivity index is 1.65. The standard InChI is InChI=1S/C16H20N6O/c1-11-13(7-17)5-15(19-11)9-21-3-4-22-16(10-21)6-14(20-22)8-18-12(2)23/h5-6,19H,3-4,8-10H2,1-2H3,(H,18,23). The van der Waals surface area contributed by atoms with Crippen molar-refractivity contribution >= 4 is 5.91 Å². The first-order valence-corrected chi connectivity index (χ1v) is 7.66. The second-order valence-corrected chi connectivity index (χ2v) is 5.92. The fourth-order valence-electron chi connectivity index (χ4n) is 2.89. The van der Waals surface area contributed by atoms with Gasteiger partial charge in [0.15, 0.2) is 0 Å². The third-order valence-corrected chi connectivity index (χ3v) is 4.03. The fraction of sp³-hybridized carbons (Fsp3) is 0.438. The van der Waals surface area contributed by atoms with Crippen LogP contribution in [0.4, 0.5) is 0 Å². The number of carbonyl (C=O) groups is 1. The van der Waals surface area contributed by atoms with Crippen LogP contribution in [0.5, 0.6) is 0 Å². The van der Waals surface area contributed by atoms with E-state index in [9.17, 15) is 4.79 Å². The lowest BCUT2D eigenvalue weighted by atomic mass is 10.2. The van der Waals surface area contributed by atoms with Crippen molar-refractivity contribution in [1.29, 1.82) is 5.26 Å². The van der Waals surface area contributed by atoms with Gasteiger partial charge < -0.3 is 10.3 Å². The van der Waals surface area contributed by atoms with Crippen LogP contribution in [0.3, 0.4) is 0 Å². The zero-order valence-corrected chi connectivity index (χ0v) is 13.4. The molecule has 1 aliphatic rings. The van der Waals surface area contributed by atoms with Crippen LogP contribution in [0.25, 0.3) is 0 Å². The van der Waals surface area contributed by atoms with Crippen LogP contribution < -0.4 is 5.32 Å². The van der Waals surface area contributed by atoms with Crippen LogP contribution in [0.2, 0.25) is 0 Å². The number of amides is 1. The zero-order valence-electron chi connectivity index (χ0n) is 13.4. The molecule has 2 aromatic rings. The van der Waals surface area contributed by atoms with Gasteiger partial charge in [-0.1, -0.05) is 0 Å². The predicted octanol–water partition coefficient (Wildman–Crippen LogP) is 1.04. The lowest BCUT2D eigenvalue weighted by Crippen LogP contribution is -2.33. The van der Waals surface area contributed by atoms with Crippen molar-refractivity contribution in [3.05, 3.63) is 40.5 Å². The molecule has 0 bridgehead atoms. The molecular weight excluding hydrogens is 292 g/mol. The Morgan fingerprint density at radius 2 is 2.30 bits per heavy atom. The zero-order chi connectivity index (χ0) is 16.4. The maximum atomic E-state index is 11.0. The van der Waals surface area contributed by atoms with Gasteiger partial charge in [-0.15, -0.1) is 0 Å². The molecule has 7 heteroatoms. The van der Waals surface area contributed by atoms with E-state index in [1.165, 1.54) is 6.92 Å². The number of carbonyl (C=O) groups excluding carboxylic acids is 1. The molecule has 7 nitrogen and oxygen atoms in total. The average Bonchev–Trinajstić information content (AvgIpc) is 3.07. The van der Waals surface area contributed by atoms with E-state index in [1.807, 2.05) is 23.7 Å². The number of rotatable bonds is 4. The number of nitrogens with zero attached hydrogens (tertiary/aromatic N) is 4. The maximum Gasteiger partial charge on any atom is 0.217 e. The summed E-state index contributed by atoms with van der Waals surface area (Å²) >= 11 is 0. The van der Waals surface area contributed by atoms with Crippen molar-refractivity contribution in [1.82, 2.24) is 25.0 Å². The highest BCUT2D eigenvalue weighted by atomic mass is 16.1. The van der Waals surface area contributed by atoms with Gasteiger partial charge in [0.2, 0.25) is 5.91 Å². The highest BCUT2D eigenvalue weighted by Crippen LogP contribution is 2.17. The summed E-state index contributed by atoms with van der Waals surface area (Å²) in [5.41, 5.74) is 4.73. The number of H-pyrrole nitrogens is 1. The van der Waals surface area contributed by atoms with Crippen LogP contribution in [0.15, 0.2) is 12.1 Å². The van der Waals surface area contributed by atoms with E-state index in [2.05, 4.69) is 26.4 Å². The van der Waals surface area contributed by atoms with Crippen molar-refractivity contribution in [2.24, 2.45) is 0 Å². The molecular formula is C16H20N6O. The summed E-state index contributed by atoms with van der Waals surface area (Å²) in [6, 6.07) is 6.16. The molecule has 0 atom stereocenters. The second-order valence-electron chi connectivity index (χ2n) is 5.92. The molecule has 120 valence electrons. The van der Waals surface area contributed by atoms with E-state index in [0.29, 0.717) is 12.1 Å². The Morgan fingerprint density at radius 3 is 3.00 bits per heavy atom. The number of aromatic amines is 1. The van der Waals surface area contributed by atoms with Crippen LogP contribution in [0, 0.1) is 18.3 Å². The first kappa shape index (κ1) is 15.3. The van der Waals surface area contributed by atoms with E-state index in [4.69, 9.17) is 5.26 Å². The SMILES string of the molecule is CC(=O)NCc1cc2n(n1)CCN(Cc1cc(C#N)c(C)[nH]1)C2. The Bertz CT molecular complexity index is 766. The van der Waals surface area contributed by atoms with E-state index in [-0.39, 0.29) is 5.91 Å². The van der Waals surface area contributed by atoms with Gasteiger partial charge in [0.1, 0.15) is 6.07 Å². The van der Waals surface area contributed by atoms with Crippen LogP contribution >= 0.6 is 0 Å². The summed E-state index contributed by atoms with van der Waals surface area (Å²) in [7, 11) is 0. The highest BCUT2D eigenvalue weighted by molar-refractivity contribution is 5.72. The molecule has 0 unspecified atom stereocenters. The molecule has 0 spiro atoms. The quantitative estimate of drug-likeness (QED) is 0.883. The van der Waals surface area contributed by atoms with Gasteiger partial charge in [-0.3, -0.25) is 14.4 Å². The number of aryl methyl sites for hydroxylation is 1. The van der Waals surface area contributed by atoms with Gasteiger partial charge in [0.05, 0.1) is 30.0 Å². The first-order valence-electron chi connectivity index (χ1n) is 7.66. The van der Waals surface area contributed by atoms with Crippen LogP contribution in [-0.4, -0.2) is 32.1 Å². The monoisotopic (exact) mass is 312 g/mol. The smallest absolute Gasteiger partial charge is 0.217 e. The highest BCUT2D eigenvalue weighted by Gasteiger charge is 2.19. The topological polar surface area (TPSA) is 89.7 Å². The van der Waals surface area contributed by atoms with Gasteiger partial charge in [0.25, 0.3) is 0 Å². The van der Waals surface area contributed by atoms with Gasteiger partial charge in [-0.25, -0.2) is 0 Å². The van der Waals surface area contributed by atoms with Gasteiger partial charge in [-0.05, 0) is 19.1 Å². The molecule has 0 radical (unpaired) electrons. The third-order valence-electron chi connectivity index (χ3n) is 4.03. The molecule has 2 N–H and O–H groups in total. The van der Waals surface area contributed by atoms with Gasteiger partial charge >= 0.3 is 0 Å². The number of hydrogen-bond acceptors (Lipinski definition) is 4. The van der Waals surface area contributed by atoms with Crippen molar-refractivity contribution in [2.75, 3.05) is 6.54 Å². The maximum absolute atomic E-state index is 11.0. The number of nitrogens with one attached hydrogen (secondary N) is 2. The molecule has 0 aliphatic carbocycles. The van der Waals surface area contributed by atoms with E-state index in [1.54, 1.807) is 0 Å². The third kappa shape index (κ3) is 3.43. The first-order chi connectivity index (χ1) is 11.0. The fourth-order valence-corrected chi connectivity index (χ4v) is 2.89. The molecule has 23 heavy (non-hydrogen) atoms. The van der Waals surface area contributed by atoms with Crippen LogP contribution in [0.1, 0.15) is 35.3 Å². The molecule has 1 amide bonds. The lowest BCUT2D eigenvalue weighted by Gasteiger charge is -2.26. The predicted molar refractivity (Wildman–Crippen MR) is 84.1 cm³/mol. The van der Waals surface area contributed by atoms with Crippen molar-refractivity contribution < 1.29 is 4.79 Å². The summed E-state index contributed by atoms with van der Waals surface area (Å²) in [5.74, 6) is -0.0481. The Kier molecular flexibility index (Phi) is 4.17. The Labute approximate surface area is 134 Å².